The van der Waals surface area contributed by atoms with E-state index in [0.717, 1.165) is 10.4 Å². The van der Waals surface area contributed by atoms with Gasteiger partial charge in [0.2, 0.25) is 10.0 Å². The summed E-state index contributed by atoms with van der Waals surface area (Å²) in [5.41, 5.74) is 4.69. The van der Waals surface area contributed by atoms with E-state index in [2.05, 4.69) is 0 Å². The Kier molecular flexibility index (Phi) is 4.06. The first-order valence-electron chi connectivity index (χ1n) is 5.72. The zero-order chi connectivity index (χ0) is 14.9. The molecule has 0 amide bonds. The van der Waals surface area contributed by atoms with Crippen LogP contribution in [0.2, 0.25) is 0 Å². The van der Waals surface area contributed by atoms with Gasteiger partial charge in [-0.1, -0.05) is 6.07 Å². The number of nitrogen functional groups attached to an aromatic ring is 1. The average molecular weight is 319 g/mol. The zero-order valence-corrected chi connectivity index (χ0v) is 12.0. The topological polar surface area (TPSA) is 124 Å². The minimum Gasteiger partial charge on any atom is -0.393 e. The lowest BCUT2D eigenvalue weighted by Crippen LogP contribution is -2.41. The molecule has 0 radical (unpaired) electrons. The van der Waals surface area contributed by atoms with Gasteiger partial charge in [0.1, 0.15) is 5.69 Å². The first-order valence-corrected chi connectivity index (χ1v) is 8.65. The molecule has 1 heterocycles. The maximum Gasteiger partial charge on any atom is 0.312 e. The van der Waals surface area contributed by atoms with Crippen LogP contribution >= 0.6 is 0 Å². The number of sulfonamides is 1. The van der Waals surface area contributed by atoms with Crippen LogP contribution in [0.25, 0.3) is 0 Å². The summed E-state index contributed by atoms with van der Waals surface area (Å²) < 4.78 is 37.2. The fraction of sp³-hybridized carbons (Fsp3) is 0.400. The number of benzene rings is 1. The SMILES string of the molecule is Nc1cccc(S(=O)(=O)N2CCS(=O)CC2)c1[N+](=O)[O-]. The van der Waals surface area contributed by atoms with Gasteiger partial charge in [-0.2, -0.15) is 4.31 Å². The highest BCUT2D eigenvalue weighted by Crippen LogP contribution is 2.32. The molecule has 0 saturated carbocycles. The molecule has 0 spiro atoms. The van der Waals surface area contributed by atoms with Crippen molar-refractivity contribution in [3.63, 3.8) is 0 Å². The second kappa shape index (κ2) is 5.46. The Bertz CT molecular complexity index is 663. The maximum atomic E-state index is 12.4. The van der Waals surface area contributed by atoms with Crippen molar-refractivity contribution >= 4 is 32.2 Å². The lowest BCUT2D eigenvalue weighted by atomic mass is 10.3. The Morgan fingerprint density at radius 1 is 1.30 bits per heavy atom. The fourth-order valence-corrected chi connectivity index (χ4v) is 4.86. The van der Waals surface area contributed by atoms with Crippen LogP contribution in [0.4, 0.5) is 11.4 Å². The summed E-state index contributed by atoms with van der Waals surface area (Å²) in [4.78, 5) is 9.80. The summed E-state index contributed by atoms with van der Waals surface area (Å²) in [6.07, 6.45) is 0. The van der Waals surface area contributed by atoms with Crippen molar-refractivity contribution in [3.05, 3.63) is 28.3 Å². The monoisotopic (exact) mass is 319 g/mol. The number of nitrogens with zero attached hydrogens (tertiary/aromatic N) is 2. The number of nitrogens with two attached hydrogens (primary N) is 1. The van der Waals surface area contributed by atoms with Gasteiger partial charge in [-0.25, -0.2) is 8.42 Å². The van der Waals surface area contributed by atoms with Crippen molar-refractivity contribution in [2.45, 2.75) is 4.90 Å². The molecule has 1 aliphatic heterocycles. The Labute approximate surface area is 118 Å². The number of hydrogen-bond acceptors (Lipinski definition) is 6. The van der Waals surface area contributed by atoms with Crippen LogP contribution in [-0.2, 0) is 20.8 Å². The van der Waals surface area contributed by atoms with Crippen molar-refractivity contribution < 1.29 is 17.6 Å². The third-order valence-electron chi connectivity index (χ3n) is 2.97. The number of anilines is 1. The van der Waals surface area contributed by atoms with Gasteiger partial charge in [-0.3, -0.25) is 14.3 Å². The lowest BCUT2D eigenvalue weighted by molar-refractivity contribution is -0.386. The maximum absolute atomic E-state index is 12.4. The molecule has 8 nitrogen and oxygen atoms in total. The van der Waals surface area contributed by atoms with Crippen molar-refractivity contribution in [2.24, 2.45) is 0 Å². The fourth-order valence-electron chi connectivity index (χ4n) is 1.94. The molecule has 1 saturated heterocycles. The molecule has 0 bridgehead atoms. The van der Waals surface area contributed by atoms with Gasteiger partial charge >= 0.3 is 5.69 Å². The van der Waals surface area contributed by atoms with E-state index in [9.17, 15) is 22.7 Å². The molecule has 1 aromatic rings. The van der Waals surface area contributed by atoms with E-state index in [4.69, 9.17) is 5.73 Å². The molecule has 1 fully saturated rings. The normalized spacial score (nSPS) is 18.0. The highest BCUT2D eigenvalue weighted by atomic mass is 32.2. The van der Waals surface area contributed by atoms with Gasteiger partial charge < -0.3 is 5.73 Å². The molecule has 0 unspecified atom stereocenters. The summed E-state index contributed by atoms with van der Waals surface area (Å²) in [6.45, 7) is 0.168. The molecule has 2 rings (SSSR count). The highest BCUT2D eigenvalue weighted by molar-refractivity contribution is 7.89. The van der Waals surface area contributed by atoms with Gasteiger partial charge in [0.25, 0.3) is 0 Å². The van der Waals surface area contributed by atoms with Crippen LogP contribution in [0.1, 0.15) is 0 Å². The average Bonchev–Trinajstić information content (AvgIpc) is 2.38. The van der Waals surface area contributed by atoms with Gasteiger partial charge in [0.05, 0.1) is 4.92 Å². The Morgan fingerprint density at radius 2 is 1.90 bits per heavy atom. The second-order valence-electron chi connectivity index (χ2n) is 4.20. The smallest absolute Gasteiger partial charge is 0.312 e. The summed E-state index contributed by atoms with van der Waals surface area (Å²) >= 11 is 0. The first kappa shape index (κ1) is 14.9. The summed E-state index contributed by atoms with van der Waals surface area (Å²) in [5, 5.41) is 11.0. The number of hydrogen-bond donors (Lipinski definition) is 1. The Morgan fingerprint density at radius 3 is 2.45 bits per heavy atom. The van der Waals surface area contributed by atoms with Gasteiger partial charge in [-0.05, 0) is 12.1 Å². The van der Waals surface area contributed by atoms with E-state index < -0.39 is 36.3 Å². The predicted molar refractivity (Wildman–Crippen MR) is 74.1 cm³/mol. The number of para-hydroxylation sites is 1. The van der Waals surface area contributed by atoms with Crippen LogP contribution in [0.5, 0.6) is 0 Å². The Hall–Kier alpha value is -1.52. The largest absolute Gasteiger partial charge is 0.393 e. The third kappa shape index (κ3) is 2.67. The van der Waals surface area contributed by atoms with E-state index in [-0.39, 0.29) is 30.3 Å². The van der Waals surface area contributed by atoms with E-state index in [1.165, 1.54) is 12.1 Å². The van der Waals surface area contributed by atoms with Gasteiger partial charge in [-0.15, -0.1) is 0 Å². The minimum absolute atomic E-state index is 0.0842. The molecule has 0 aliphatic carbocycles. The summed E-state index contributed by atoms with van der Waals surface area (Å²) in [6, 6.07) is 3.80. The van der Waals surface area contributed by atoms with Crippen LogP contribution < -0.4 is 5.73 Å². The number of nitro benzene ring substituents is 1. The van der Waals surface area contributed by atoms with E-state index in [0.29, 0.717) is 0 Å². The lowest BCUT2D eigenvalue weighted by Gasteiger charge is -2.25. The molecule has 2 N–H and O–H groups in total. The molecule has 1 aliphatic rings. The second-order valence-corrected chi connectivity index (χ2v) is 7.81. The van der Waals surface area contributed by atoms with Crippen LogP contribution in [0.3, 0.4) is 0 Å². The van der Waals surface area contributed by atoms with Gasteiger partial charge in [0.15, 0.2) is 4.90 Å². The van der Waals surface area contributed by atoms with Crippen LogP contribution in [-0.4, -0.2) is 46.5 Å². The molecule has 20 heavy (non-hydrogen) atoms. The minimum atomic E-state index is -4.01. The standard InChI is InChI=1S/C10H13N3O5S2/c11-8-2-1-3-9(10(8)13(14)15)20(17,18)12-4-6-19(16)7-5-12/h1-3H,4-7,11H2. The number of rotatable bonds is 3. The highest BCUT2D eigenvalue weighted by Gasteiger charge is 2.34. The van der Waals surface area contributed by atoms with E-state index >= 15 is 0 Å². The van der Waals surface area contributed by atoms with Crippen LogP contribution in [0, 0.1) is 10.1 Å². The molecule has 10 heteroatoms. The number of nitro groups is 1. The first-order chi connectivity index (χ1) is 9.34. The molecule has 110 valence electrons. The molecular weight excluding hydrogens is 306 g/mol. The summed E-state index contributed by atoms with van der Waals surface area (Å²) in [5.74, 6) is 0.463. The van der Waals surface area contributed by atoms with Crippen LogP contribution in [0.15, 0.2) is 23.1 Å². The molecule has 1 aromatic carbocycles. The van der Waals surface area contributed by atoms with E-state index in [1.807, 2.05) is 0 Å². The van der Waals surface area contributed by atoms with Gasteiger partial charge in [0, 0.05) is 35.4 Å². The predicted octanol–water partition coefficient (Wildman–Crippen LogP) is -0.0700. The molecule has 0 aromatic heterocycles. The van der Waals surface area contributed by atoms with Crippen molar-refractivity contribution in [2.75, 3.05) is 30.3 Å². The van der Waals surface area contributed by atoms with E-state index in [1.54, 1.807) is 0 Å². The van der Waals surface area contributed by atoms with Crippen molar-refractivity contribution in [3.8, 4) is 0 Å². The molecular formula is C10H13N3O5S2. The third-order valence-corrected chi connectivity index (χ3v) is 6.17. The Balaban J connectivity index is 2.47. The van der Waals surface area contributed by atoms with Crippen molar-refractivity contribution in [1.29, 1.82) is 0 Å². The zero-order valence-electron chi connectivity index (χ0n) is 10.4. The summed E-state index contributed by atoms with van der Waals surface area (Å²) in [7, 11) is -5.04. The van der Waals surface area contributed by atoms with Crippen molar-refractivity contribution in [1.82, 2.24) is 4.31 Å². The quantitative estimate of drug-likeness (QED) is 0.472. The molecule has 0 atom stereocenters.